The number of aryl methyl sites for hydroxylation is 4. The minimum absolute atomic E-state index is 0.991. The summed E-state index contributed by atoms with van der Waals surface area (Å²) in [6, 6.07) is 12.9. The van der Waals surface area contributed by atoms with Crippen LogP contribution in [0.2, 0.25) is 0 Å². The molecule has 0 aliphatic carbocycles. The van der Waals surface area contributed by atoms with E-state index >= 15 is 0 Å². The SMILES string of the molecule is Cc1ccc(-c2cn(C)c(-c3ccc(-c4nc(-c5ccc(C)s5)cn4C)s3)n2)s1. The van der Waals surface area contributed by atoms with E-state index in [1.54, 1.807) is 34.0 Å². The third kappa shape index (κ3) is 3.39. The molecule has 0 atom stereocenters. The van der Waals surface area contributed by atoms with Crippen molar-refractivity contribution < 1.29 is 0 Å². The highest BCUT2D eigenvalue weighted by molar-refractivity contribution is 7.18. The summed E-state index contributed by atoms with van der Waals surface area (Å²) < 4.78 is 4.22. The van der Waals surface area contributed by atoms with Gasteiger partial charge in [0.1, 0.15) is 0 Å². The molecule has 0 aliphatic heterocycles. The molecule has 5 heterocycles. The molecule has 146 valence electrons. The van der Waals surface area contributed by atoms with E-state index in [9.17, 15) is 0 Å². The van der Waals surface area contributed by atoms with E-state index in [0.29, 0.717) is 0 Å². The highest BCUT2D eigenvalue weighted by atomic mass is 32.1. The van der Waals surface area contributed by atoms with Crippen LogP contribution >= 0.6 is 34.0 Å². The standard InChI is InChI=1S/C22H20N4S3/c1-13-5-7-17(27-13)15-11-25(3)21(23-15)19-9-10-20(29-19)22-24-16(12-26(22)4)18-8-6-14(2)28-18/h5-12H,1-4H3. The molecule has 5 rings (SSSR count). The highest BCUT2D eigenvalue weighted by Crippen LogP contribution is 2.37. The van der Waals surface area contributed by atoms with Crippen LogP contribution < -0.4 is 0 Å². The van der Waals surface area contributed by atoms with E-state index in [2.05, 4.69) is 85.9 Å². The van der Waals surface area contributed by atoms with E-state index in [0.717, 1.165) is 32.8 Å². The normalized spacial score (nSPS) is 11.4. The van der Waals surface area contributed by atoms with Crippen molar-refractivity contribution in [3.63, 3.8) is 0 Å². The van der Waals surface area contributed by atoms with Gasteiger partial charge in [-0.1, -0.05) is 0 Å². The van der Waals surface area contributed by atoms with Crippen molar-refractivity contribution in [2.24, 2.45) is 14.1 Å². The molecule has 29 heavy (non-hydrogen) atoms. The molecule has 4 nitrogen and oxygen atoms in total. The number of aromatic nitrogens is 4. The maximum absolute atomic E-state index is 4.91. The van der Waals surface area contributed by atoms with E-state index < -0.39 is 0 Å². The lowest BCUT2D eigenvalue weighted by Crippen LogP contribution is -1.88. The predicted octanol–water partition coefficient (Wildman–Crippen LogP) is 6.62. The zero-order valence-electron chi connectivity index (χ0n) is 16.6. The average Bonchev–Trinajstić information content (AvgIpc) is 3.46. The number of rotatable bonds is 4. The molecule has 0 amide bonds. The van der Waals surface area contributed by atoms with Crippen LogP contribution in [0, 0.1) is 13.8 Å². The molecule has 7 heteroatoms. The lowest BCUT2D eigenvalue weighted by atomic mass is 10.3. The van der Waals surface area contributed by atoms with Crippen LogP contribution in [0.15, 0.2) is 48.8 Å². The van der Waals surface area contributed by atoms with E-state index in [-0.39, 0.29) is 0 Å². The predicted molar refractivity (Wildman–Crippen MR) is 125 cm³/mol. The Morgan fingerprint density at radius 2 is 1.00 bits per heavy atom. The van der Waals surface area contributed by atoms with Crippen LogP contribution in [-0.2, 0) is 14.1 Å². The molecule has 5 aromatic heterocycles. The van der Waals surface area contributed by atoms with Gasteiger partial charge < -0.3 is 9.13 Å². The molecule has 5 aromatic rings. The summed E-state index contributed by atoms with van der Waals surface area (Å²) >= 11 is 5.29. The number of imidazole rings is 2. The van der Waals surface area contributed by atoms with Crippen LogP contribution in [0.3, 0.4) is 0 Å². The first kappa shape index (κ1) is 18.5. The van der Waals surface area contributed by atoms with Crippen molar-refractivity contribution in [3.05, 3.63) is 58.5 Å². The maximum Gasteiger partial charge on any atom is 0.150 e. The van der Waals surface area contributed by atoms with Crippen LogP contribution in [0.5, 0.6) is 0 Å². The molecular weight excluding hydrogens is 416 g/mol. The Bertz CT molecular complexity index is 1210. The Kier molecular flexibility index (Phi) is 4.53. The number of nitrogens with zero attached hydrogens (tertiary/aromatic N) is 4. The van der Waals surface area contributed by atoms with Crippen LogP contribution in [-0.4, -0.2) is 19.1 Å². The fraction of sp³-hybridized carbons (Fsp3) is 0.182. The molecule has 0 unspecified atom stereocenters. The Balaban J connectivity index is 1.49. The molecule has 0 spiro atoms. The third-order valence-corrected chi connectivity index (χ3v) is 7.91. The second-order valence-electron chi connectivity index (χ2n) is 7.11. The molecule has 0 radical (unpaired) electrons. The zero-order valence-corrected chi connectivity index (χ0v) is 19.1. The quantitative estimate of drug-likeness (QED) is 0.317. The van der Waals surface area contributed by atoms with Crippen LogP contribution in [0.25, 0.3) is 42.5 Å². The number of hydrogen-bond acceptors (Lipinski definition) is 5. The van der Waals surface area contributed by atoms with Crippen molar-refractivity contribution in [2.75, 3.05) is 0 Å². The van der Waals surface area contributed by atoms with Crippen molar-refractivity contribution in [1.29, 1.82) is 0 Å². The van der Waals surface area contributed by atoms with Gasteiger partial charge in [0.25, 0.3) is 0 Å². The van der Waals surface area contributed by atoms with Crippen LogP contribution in [0.4, 0.5) is 0 Å². The maximum atomic E-state index is 4.91. The molecule has 0 aliphatic rings. The van der Waals surface area contributed by atoms with E-state index in [1.165, 1.54) is 19.5 Å². The first-order valence-corrected chi connectivity index (χ1v) is 11.7. The monoisotopic (exact) mass is 436 g/mol. The molecule has 0 aromatic carbocycles. The van der Waals surface area contributed by atoms with Crippen molar-refractivity contribution in [2.45, 2.75) is 13.8 Å². The van der Waals surface area contributed by atoms with Gasteiger partial charge in [0.05, 0.1) is 30.9 Å². The van der Waals surface area contributed by atoms with Gasteiger partial charge >= 0.3 is 0 Å². The Hall–Kier alpha value is -2.48. The topological polar surface area (TPSA) is 35.6 Å². The van der Waals surface area contributed by atoms with E-state index in [4.69, 9.17) is 9.97 Å². The Labute approximate surface area is 181 Å². The average molecular weight is 437 g/mol. The van der Waals surface area contributed by atoms with Gasteiger partial charge in [0.2, 0.25) is 0 Å². The summed E-state index contributed by atoms with van der Waals surface area (Å²) in [6.45, 7) is 4.25. The van der Waals surface area contributed by atoms with Gasteiger partial charge in [-0.15, -0.1) is 34.0 Å². The van der Waals surface area contributed by atoms with Crippen molar-refractivity contribution in [1.82, 2.24) is 19.1 Å². The second-order valence-corrected chi connectivity index (χ2v) is 10.8. The van der Waals surface area contributed by atoms with Gasteiger partial charge in [-0.25, -0.2) is 9.97 Å². The summed E-state index contributed by atoms with van der Waals surface area (Å²) in [4.78, 5) is 17.1. The zero-order chi connectivity index (χ0) is 20.1. The van der Waals surface area contributed by atoms with Gasteiger partial charge in [-0.05, 0) is 50.2 Å². The minimum Gasteiger partial charge on any atom is -0.333 e. The highest BCUT2D eigenvalue weighted by Gasteiger charge is 2.16. The summed E-state index contributed by atoms with van der Waals surface area (Å²) in [5.41, 5.74) is 2.06. The summed E-state index contributed by atoms with van der Waals surface area (Å²) in [6.07, 6.45) is 4.22. The molecule has 0 bridgehead atoms. The van der Waals surface area contributed by atoms with Crippen molar-refractivity contribution >= 4 is 34.0 Å². The molecule has 0 N–H and O–H groups in total. The smallest absolute Gasteiger partial charge is 0.150 e. The molecular formula is C22H20N4S3. The number of thiophene rings is 3. The first-order valence-electron chi connectivity index (χ1n) is 9.29. The largest absolute Gasteiger partial charge is 0.333 e. The van der Waals surface area contributed by atoms with Crippen molar-refractivity contribution in [3.8, 4) is 42.5 Å². The number of hydrogen-bond donors (Lipinski definition) is 0. The van der Waals surface area contributed by atoms with E-state index in [1.807, 2.05) is 0 Å². The van der Waals surface area contributed by atoms with Gasteiger partial charge in [0.15, 0.2) is 11.6 Å². The molecule has 0 fully saturated rings. The minimum atomic E-state index is 0.991. The summed E-state index contributed by atoms with van der Waals surface area (Å²) in [5.74, 6) is 1.98. The molecule has 0 saturated carbocycles. The fourth-order valence-electron chi connectivity index (χ4n) is 3.35. The van der Waals surface area contributed by atoms with Crippen LogP contribution in [0.1, 0.15) is 9.75 Å². The lowest BCUT2D eigenvalue weighted by Gasteiger charge is -1.98. The van der Waals surface area contributed by atoms with Gasteiger partial charge in [0, 0.05) is 36.2 Å². The Morgan fingerprint density at radius 3 is 1.38 bits per heavy atom. The lowest BCUT2D eigenvalue weighted by molar-refractivity contribution is 0.928. The third-order valence-electron chi connectivity index (χ3n) is 4.79. The van der Waals surface area contributed by atoms with Gasteiger partial charge in [-0.3, -0.25) is 0 Å². The summed E-state index contributed by atoms with van der Waals surface area (Å²) in [5, 5.41) is 0. The molecule has 0 saturated heterocycles. The summed E-state index contributed by atoms with van der Waals surface area (Å²) in [7, 11) is 4.12. The Morgan fingerprint density at radius 1 is 0.586 bits per heavy atom. The second kappa shape index (κ2) is 7.09. The van der Waals surface area contributed by atoms with Gasteiger partial charge in [-0.2, -0.15) is 0 Å². The fourth-order valence-corrected chi connectivity index (χ4v) is 6.07. The first-order chi connectivity index (χ1) is 14.0.